The Morgan fingerprint density at radius 3 is 3.00 bits per heavy atom. The summed E-state index contributed by atoms with van der Waals surface area (Å²) in [5, 5.41) is 13.1. The third kappa shape index (κ3) is 2.24. The molecular weight excluding hydrogens is 228 g/mol. The summed E-state index contributed by atoms with van der Waals surface area (Å²) in [6, 6.07) is 6.99. The number of nitrogens with one attached hydrogen (secondary N) is 2. The molecule has 1 fully saturated rings. The van der Waals surface area contributed by atoms with Gasteiger partial charge in [-0.1, -0.05) is 12.1 Å². The molecule has 94 valence electrons. The third-order valence-electron chi connectivity index (χ3n) is 3.44. The first-order valence-electron chi connectivity index (χ1n) is 6.29. The minimum Gasteiger partial charge on any atom is -0.481 e. The van der Waals surface area contributed by atoms with Crippen LogP contribution in [0.4, 0.5) is 0 Å². The molecule has 3 rings (SSSR count). The number of hydrogen-bond acceptors (Lipinski definition) is 2. The molecule has 2 aromatic rings. The van der Waals surface area contributed by atoms with Gasteiger partial charge in [0, 0.05) is 36.1 Å². The molecule has 1 aliphatic rings. The molecule has 0 bridgehead atoms. The monoisotopic (exact) mass is 244 g/mol. The first-order chi connectivity index (χ1) is 8.74. The van der Waals surface area contributed by atoms with Gasteiger partial charge in [0.1, 0.15) is 0 Å². The van der Waals surface area contributed by atoms with Crippen molar-refractivity contribution in [2.24, 2.45) is 0 Å². The number of carboxylic acids is 1. The molecule has 2 heterocycles. The van der Waals surface area contributed by atoms with Crippen molar-refractivity contribution in [1.82, 2.24) is 10.3 Å². The standard InChI is InChI=1S/C14H16N2O2/c17-14(18)3-1-2-10-7-15-12-6-9(13-8-16-13)4-5-11(10)12/h4-7,13,15-16H,1-3,8H2,(H,17,18). The summed E-state index contributed by atoms with van der Waals surface area (Å²) in [4.78, 5) is 13.8. The van der Waals surface area contributed by atoms with E-state index in [1.54, 1.807) is 0 Å². The Morgan fingerprint density at radius 2 is 2.28 bits per heavy atom. The van der Waals surface area contributed by atoms with Crippen molar-refractivity contribution in [2.75, 3.05) is 6.54 Å². The van der Waals surface area contributed by atoms with Crippen molar-refractivity contribution in [1.29, 1.82) is 0 Å². The quantitative estimate of drug-likeness (QED) is 0.706. The van der Waals surface area contributed by atoms with Gasteiger partial charge in [0.05, 0.1) is 0 Å². The van der Waals surface area contributed by atoms with Crippen LogP contribution in [0, 0.1) is 0 Å². The van der Waals surface area contributed by atoms with Crippen LogP contribution in [0.5, 0.6) is 0 Å². The van der Waals surface area contributed by atoms with E-state index in [1.165, 1.54) is 16.5 Å². The van der Waals surface area contributed by atoms with Crippen molar-refractivity contribution in [3.05, 3.63) is 35.5 Å². The summed E-state index contributed by atoms with van der Waals surface area (Å²) in [5.74, 6) is -0.725. The van der Waals surface area contributed by atoms with Crippen LogP contribution in [0.15, 0.2) is 24.4 Å². The van der Waals surface area contributed by atoms with Crippen LogP contribution in [-0.4, -0.2) is 22.6 Å². The second-order valence-electron chi connectivity index (χ2n) is 4.83. The summed E-state index contributed by atoms with van der Waals surface area (Å²) in [6.07, 6.45) is 3.73. The molecule has 0 spiro atoms. The molecule has 0 radical (unpaired) electrons. The summed E-state index contributed by atoms with van der Waals surface area (Å²) < 4.78 is 0. The lowest BCUT2D eigenvalue weighted by Gasteiger charge is -2.00. The van der Waals surface area contributed by atoms with Gasteiger partial charge in [-0.2, -0.15) is 0 Å². The van der Waals surface area contributed by atoms with Gasteiger partial charge in [0.25, 0.3) is 0 Å². The molecule has 4 nitrogen and oxygen atoms in total. The molecule has 1 aromatic carbocycles. The molecule has 1 aromatic heterocycles. The van der Waals surface area contributed by atoms with Crippen LogP contribution in [0.25, 0.3) is 10.9 Å². The predicted molar refractivity (Wildman–Crippen MR) is 69.6 cm³/mol. The van der Waals surface area contributed by atoms with Gasteiger partial charge in [-0.05, 0) is 30.0 Å². The van der Waals surface area contributed by atoms with Gasteiger partial charge in [-0.3, -0.25) is 4.79 Å². The van der Waals surface area contributed by atoms with E-state index in [2.05, 4.69) is 28.5 Å². The highest BCUT2D eigenvalue weighted by molar-refractivity contribution is 5.84. The maximum Gasteiger partial charge on any atom is 0.303 e. The zero-order chi connectivity index (χ0) is 12.5. The predicted octanol–water partition coefficient (Wildman–Crippen LogP) is 2.22. The largest absolute Gasteiger partial charge is 0.481 e. The smallest absolute Gasteiger partial charge is 0.303 e. The Morgan fingerprint density at radius 1 is 1.44 bits per heavy atom. The number of rotatable bonds is 5. The maximum atomic E-state index is 10.5. The van der Waals surface area contributed by atoms with E-state index in [0.29, 0.717) is 12.5 Å². The topological polar surface area (TPSA) is 75.0 Å². The molecule has 1 saturated heterocycles. The highest BCUT2D eigenvalue weighted by atomic mass is 16.4. The van der Waals surface area contributed by atoms with Crippen molar-refractivity contribution in [2.45, 2.75) is 25.3 Å². The average Bonchev–Trinajstić information content (AvgIpc) is 3.12. The molecule has 0 amide bonds. The zero-order valence-corrected chi connectivity index (χ0v) is 10.1. The number of carbonyl (C=O) groups is 1. The number of aliphatic carboxylic acids is 1. The van der Waals surface area contributed by atoms with Gasteiger partial charge in [-0.15, -0.1) is 0 Å². The van der Waals surface area contributed by atoms with Crippen LogP contribution >= 0.6 is 0 Å². The van der Waals surface area contributed by atoms with Crippen LogP contribution in [-0.2, 0) is 11.2 Å². The minimum atomic E-state index is -0.725. The van der Waals surface area contributed by atoms with E-state index >= 15 is 0 Å². The lowest BCUT2D eigenvalue weighted by Crippen LogP contribution is -1.95. The van der Waals surface area contributed by atoms with Crippen molar-refractivity contribution in [3.8, 4) is 0 Å². The van der Waals surface area contributed by atoms with E-state index in [1.807, 2.05) is 6.20 Å². The number of aryl methyl sites for hydroxylation is 1. The van der Waals surface area contributed by atoms with Gasteiger partial charge < -0.3 is 15.4 Å². The summed E-state index contributed by atoms with van der Waals surface area (Å²) >= 11 is 0. The maximum absolute atomic E-state index is 10.5. The van der Waals surface area contributed by atoms with Crippen LogP contribution in [0.3, 0.4) is 0 Å². The molecular formula is C14H16N2O2. The Hall–Kier alpha value is -1.81. The Balaban J connectivity index is 1.78. The molecule has 18 heavy (non-hydrogen) atoms. The molecule has 1 aliphatic heterocycles. The van der Waals surface area contributed by atoms with E-state index in [4.69, 9.17) is 5.11 Å². The first-order valence-corrected chi connectivity index (χ1v) is 6.29. The third-order valence-corrected chi connectivity index (χ3v) is 3.44. The van der Waals surface area contributed by atoms with E-state index in [-0.39, 0.29) is 6.42 Å². The minimum absolute atomic E-state index is 0.233. The Bertz CT molecular complexity index is 584. The number of carboxylic acid groups (broad SMARTS) is 1. The lowest BCUT2D eigenvalue weighted by molar-refractivity contribution is -0.137. The molecule has 1 atom stereocenters. The number of H-pyrrole nitrogens is 1. The van der Waals surface area contributed by atoms with Crippen molar-refractivity contribution in [3.63, 3.8) is 0 Å². The Labute approximate surface area is 105 Å². The fourth-order valence-corrected chi connectivity index (χ4v) is 2.35. The average molecular weight is 244 g/mol. The number of fused-ring (bicyclic) bond motifs is 1. The number of aromatic amines is 1. The van der Waals surface area contributed by atoms with E-state index < -0.39 is 5.97 Å². The van der Waals surface area contributed by atoms with Crippen molar-refractivity contribution < 1.29 is 9.90 Å². The van der Waals surface area contributed by atoms with Crippen molar-refractivity contribution >= 4 is 16.9 Å². The molecule has 3 N–H and O–H groups in total. The highest BCUT2D eigenvalue weighted by Gasteiger charge is 2.22. The SMILES string of the molecule is O=C(O)CCCc1c[nH]c2cc(C3CN3)ccc12. The zero-order valence-electron chi connectivity index (χ0n) is 10.1. The molecule has 1 unspecified atom stereocenters. The normalized spacial score (nSPS) is 18.1. The fourth-order valence-electron chi connectivity index (χ4n) is 2.35. The summed E-state index contributed by atoms with van der Waals surface area (Å²) in [5.41, 5.74) is 3.68. The molecule has 0 aliphatic carbocycles. The second-order valence-corrected chi connectivity index (χ2v) is 4.83. The summed E-state index contributed by atoms with van der Waals surface area (Å²) in [6.45, 7) is 1.07. The lowest BCUT2D eigenvalue weighted by atomic mass is 10.0. The van der Waals surface area contributed by atoms with Gasteiger partial charge in [0.15, 0.2) is 0 Å². The number of hydrogen-bond donors (Lipinski definition) is 3. The van der Waals surface area contributed by atoms with Crippen LogP contribution in [0.1, 0.15) is 30.0 Å². The fraction of sp³-hybridized carbons (Fsp3) is 0.357. The van der Waals surface area contributed by atoms with Gasteiger partial charge >= 0.3 is 5.97 Å². The highest BCUT2D eigenvalue weighted by Crippen LogP contribution is 2.27. The Kier molecular flexibility index (Phi) is 2.80. The number of benzene rings is 1. The van der Waals surface area contributed by atoms with Gasteiger partial charge in [0.2, 0.25) is 0 Å². The van der Waals surface area contributed by atoms with E-state index in [9.17, 15) is 4.79 Å². The van der Waals surface area contributed by atoms with Gasteiger partial charge in [-0.25, -0.2) is 0 Å². The summed E-state index contributed by atoms with van der Waals surface area (Å²) in [7, 11) is 0. The number of aromatic nitrogens is 1. The van der Waals surface area contributed by atoms with E-state index in [0.717, 1.165) is 18.5 Å². The molecule has 0 saturated carbocycles. The van der Waals surface area contributed by atoms with Crippen LogP contribution < -0.4 is 5.32 Å². The molecule has 4 heteroatoms. The first kappa shape index (κ1) is 11.3. The van der Waals surface area contributed by atoms with Crippen LogP contribution in [0.2, 0.25) is 0 Å². The second kappa shape index (κ2) is 4.46.